The van der Waals surface area contributed by atoms with Crippen molar-refractivity contribution in [2.75, 3.05) is 12.4 Å². The number of nitrogens with one attached hydrogen (secondary N) is 1. The first-order valence-corrected chi connectivity index (χ1v) is 9.16. The number of nitro groups is 1. The zero-order valence-electron chi connectivity index (χ0n) is 14.8. The summed E-state index contributed by atoms with van der Waals surface area (Å²) in [6, 6.07) is 5.66. The number of rotatable bonds is 6. The third kappa shape index (κ3) is 4.08. The van der Waals surface area contributed by atoms with Crippen molar-refractivity contribution in [1.29, 1.82) is 0 Å². The molecule has 0 saturated carbocycles. The van der Waals surface area contributed by atoms with E-state index in [9.17, 15) is 19.7 Å². The number of esters is 1. The van der Waals surface area contributed by atoms with Crippen LogP contribution in [0.5, 0.6) is 5.75 Å². The molecule has 3 rings (SSSR count). The van der Waals surface area contributed by atoms with Crippen LogP contribution in [0.3, 0.4) is 0 Å². The van der Waals surface area contributed by atoms with Crippen LogP contribution in [0.1, 0.15) is 33.5 Å². The molecule has 0 fully saturated rings. The molecule has 0 spiro atoms. The van der Waals surface area contributed by atoms with Gasteiger partial charge in [0, 0.05) is 10.9 Å². The molecule has 142 valence electrons. The highest BCUT2D eigenvalue weighted by Crippen LogP contribution is 2.31. The van der Waals surface area contributed by atoms with Crippen LogP contribution in [-0.2, 0) is 22.4 Å². The Kier molecular flexibility index (Phi) is 5.41. The molecule has 8 nitrogen and oxygen atoms in total. The maximum absolute atomic E-state index is 12.3. The fourth-order valence-electron chi connectivity index (χ4n) is 2.83. The van der Waals surface area contributed by atoms with E-state index in [1.54, 1.807) is 0 Å². The standard InChI is InChI=1S/C18H18N2O6S/c1-10(26-18(22)16-8-11-4-3-5-15(11)27-16)17(21)19-13-7-6-12(20(23)24)9-14(13)25-2/h6-10H,3-5H2,1-2H3,(H,19,21)/t10-/m0/s1. The van der Waals surface area contributed by atoms with Crippen LogP contribution >= 0.6 is 11.3 Å². The number of amides is 1. The van der Waals surface area contributed by atoms with Crippen molar-refractivity contribution < 1.29 is 24.0 Å². The molecule has 0 bridgehead atoms. The van der Waals surface area contributed by atoms with Crippen LogP contribution in [0.15, 0.2) is 24.3 Å². The third-order valence-electron chi connectivity index (χ3n) is 4.25. The number of nitro benzene ring substituents is 1. The number of hydrogen-bond acceptors (Lipinski definition) is 7. The first-order valence-electron chi connectivity index (χ1n) is 8.35. The van der Waals surface area contributed by atoms with Crippen molar-refractivity contribution in [3.05, 3.63) is 49.7 Å². The van der Waals surface area contributed by atoms with E-state index in [1.807, 2.05) is 6.07 Å². The number of benzene rings is 1. The van der Waals surface area contributed by atoms with Crippen molar-refractivity contribution in [2.24, 2.45) is 0 Å². The van der Waals surface area contributed by atoms with Gasteiger partial charge in [0.15, 0.2) is 6.10 Å². The second-order valence-electron chi connectivity index (χ2n) is 6.09. The Morgan fingerprint density at radius 1 is 1.30 bits per heavy atom. The molecule has 1 aromatic heterocycles. The fourth-order valence-corrected chi connectivity index (χ4v) is 3.97. The second-order valence-corrected chi connectivity index (χ2v) is 7.23. The molecule has 1 aromatic carbocycles. The summed E-state index contributed by atoms with van der Waals surface area (Å²) in [7, 11) is 1.34. The molecular weight excluding hydrogens is 372 g/mol. The predicted octanol–water partition coefficient (Wildman–Crippen LogP) is 3.34. The van der Waals surface area contributed by atoms with Gasteiger partial charge < -0.3 is 14.8 Å². The van der Waals surface area contributed by atoms with E-state index in [0.717, 1.165) is 19.3 Å². The highest BCUT2D eigenvalue weighted by atomic mass is 32.1. The number of aryl methyl sites for hydroxylation is 2. The topological polar surface area (TPSA) is 108 Å². The molecule has 1 atom stereocenters. The maximum atomic E-state index is 12.3. The molecule has 0 aliphatic heterocycles. The normalized spacial score (nSPS) is 13.6. The van der Waals surface area contributed by atoms with Crippen molar-refractivity contribution in [3.8, 4) is 5.75 Å². The van der Waals surface area contributed by atoms with Crippen LogP contribution in [-0.4, -0.2) is 30.0 Å². The van der Waals surface area contributed by atoms with E-state index in [1.165, 1.54) is 54.0 Å². The fraction of sp³-hybridized carbons (Fsp3) is 0.333. The second kappa shape index (κ2) is 7.75. The highest BCUT2D eigenvalue weighted by molar-refractivity contribution is 7.14. The first kappa shape index (κ1) is 18.8. The number of nitrogens with zero attached hydrogens (tertiary/aromatic N) is 1. The van der Waals surface area contributed by atoms with E-state index >= 15 is 0 Å². The summed E-state index contributed by atoms with van der Waals surface area (Å²) in [6.07, 6.45) is 2.01. The zero-order valence-corrected chi connectivity index (χ0v) is 15.6. The predicted molar refractivity (Wildman–Crippen MR) is 99.5 cm³/mol. The average Bonchev–Trinajstić information content (AvgIpc) is 3.23. The number of thiophene rings is 1. The summed E-state index contributed by atoms with van der Waals surface area (Å²) < 4.78 is 10.3. The van der Waals surface area contributed by atoms with Crippen molar-refractivity contribution in [2.45, 2.75) is 32.3 Å². The lowest BCUT2D eigenvalue weighted by molar-refractivity contribution is -0.384. The molecular formula is C18H18N2O6S. The van der Waals surface area contributed by atoms with Gasteiger partial charge in [-0.05, 0) is 43.9 Å². The molecule has 0 saturated heterocycles. The van der Waals surface area contributed by atoms with Crippen LogP contribution in [0.2, 0.25) is 0 Å². The minimum Gasteiger partial charge on any atom is -0.494 e. The Balaban J connectivity index is 1.65. The minimum atomic E-state index is -1.03. The zero-order chi connectivity index (χ0) is 19.6. The Labute approximate surface area is 159 Å². The highest BCUT2D eigenvalue weighted by Gasteiger charge is 2.24. The SMILES string of the molecule is COc1cc([N+](=O)[O-])ccc1NC(=O)[C@H](C)OC(=O)c1cc2c(s1)CCC2. The Morgan fingerprint density at radius 2 is 2.07 bits per heavy atom. The van der Waals surface area contributed by atoms with Gasteiger partial charge in [-0.1, -0.05) is 0 Å². The lowest BCUT2D eigenvalue weighted by Crippen LogP contribution is -2.30. The Bertz CT molecular complexity index is 886. The number of methoxy groups -OCH3 is 1. The molecule has 27 heavy (non-hydrogen) atoms. The van der Waals surface area contributed by atoms with Crippen molar-refractivity contribution >= 4 is 34.6 Å². The molecule has 1 amide bonds. The van der Waals surface area contributed by atoms with E-state index in [0.29, 0.717) is 4.88 Å². The molecule has 1 heterocycles. The van der Waals surface area contributed by atoms with E-state index in [-0.39, 0.29) is 17.1 Å². The maximum Gasteiger partial charge on any atom is 0.349 e. The van der Waals surface area contributed by atoms with E-state index in [4.69, 9.17) is 9.47 Å². The summed E-state index contributed by atoms with van der Waals surface area (Å²) >= 11 is 1.41. The lowest BCUT2D eigenvalue weighted by atomic mass is 10.2. The van der Waals surface area contributed by atoms with Crippen LogP contribution in [0.25, 0.3) is 0 Å². The first-order chi connectivity index (χ1) is 12.9. The Morgan fingerprint density at radius 3 is 2.74 bits per heavy atom. The third-order valence-corrected chi connectivity index (χ3v) is 5.47. The van der Waals surface area contributed by atoms with Gasteiger partial charge in [0.05, 0.1) is 23.8 Å². The van der Waals surface area contributed by atoms with Gasteiger partial charge in [0.2, 0.25) is 0 Å². The summed E-state index contributed by atoms with van der Waals surface area (Å²) in [4.78, 5) is 36.6. The van der Waals surface area contributed by atoms with E-state index < -0.39 is 22.9 Å². The van der Waals surface area contributed by atoms with Crippen molar-refractivity contribution in [3.63, 3.8) is 0 Å². The van der Waals surface area contributed by atoms with Gasteiger partial charge >= 0.3 is 5.97 Å². The number of carbonyl (C=O) groups excluding carboxylic acids is 2. The summed E-state index contributed by atoms with van der Waals surface area (Å²) in [5.74, 6) is -0.946. The van der Waals surface area contributed by atoms with E-state index in [2.05, 4.69) is 5.32 Å². The number of hydrogen-bond donors (Lipinski definition) is 1. The summed E-state index contributed by atoms with van der Waals surface area (Å²) in [6.45, 7) is 1.46. The molecule has 0 unspecified atom stereocenters. The smallest absolute Gasteiger partial charge is 0.349 e. The van der Waals surface area contributed by atoms with Gasteiger partial charge in [-0.25, -0.2) is 4.79 Å². The number of carbonyl (C=O) groups is 2. The van der Waals surface area contributed by atoms with Crippen LogP contribution in [0.4, 0.5) is 11.4 Å². The summed E-state index contributed by atoms with van der Waals surface area (Å²) in [5, 5.41) is 13.4. The van der Waals surface area contributed by atoms with Crippen LogP contribution in [0, 0.1) is 10.1 Å². The lowest BCUT2D eigenvalue weighted by Gasteiger charge is -2.14. The molecule has 2 aromatic rings. The van der Waals surface area contributed by atoms with Gasteiger partial charge in [-0.2, -0.15) is 0 Å². The minimum absolute atomic E-state index is 0.144. The van der Waals surface area contributed by atoms with Gasteiger partial charge in [0.1, 0.15) is 10.6 Å². The van der Waals surface area contributed by atoms with Gasteiger partial charge in [-0.15, -0.1) is 11.3 Å². The Hall–Kier alpha value is -2.94. The monoisotopic (exact) mass is 390 g/mol. The van der Waals surface area contributed by atoms with Crippen molar-refractivity contribution in [1.82, 2.24) is 0 Å². The molecule has 1 aliphatic rings. The quantitative estimate of drug-likeness (QED) is 0.460. The summed E-state index contributed by atoms with van der Waals surface area (Å²) in [5.41, 5.74) is 1.28. The molecule has 1 aliphatic carbocycles. The number of anilines is 1. The number of ether oxygens (including phenoxy) is 2. The van der Waals surface area contributed by atoms with Crippen LogP contribution < -0.4 is 10.1 Å². The number of fused-ring (bicyclic) bond motifs is 1. The average molecular weight is 390 g/mol. The molecule has 0 radical (unpaired) electrons. The number of non-ortho nitro benzene ring substituents is 1. The van der Waals surface area contributed by atoms with Gasteiger partial charge in [-0.3, -0.25) is 14.9 Å². The molecule has 1 N–H and O–H groups in total. The largest absolute Gasteiger partial charge is 0.494 e. The molecule has 9 heteroatoms. The van der Waals surface area contributed by atoms with Gasteiger partial charge in [0.25, 0.3) is 11.6 Å².